The second-order valence-corrected chi connectivity index (χ2v) is 2.46. The highest BCUT2D eigenvalue weighted by molar-refractivity contribution is 7.79. The van der Waals surface area contributed by atoms with Crippen molar-refractivity contribution in [2.24, 2.45) is 15.0 Å². The topological polar surface area (TPSA) is 74.5 Å². The average molecular weight is 182 g/mol. The lowest BCUT2D eigenvalue weighted by molar-refractivity contribution is -0.117. The molecule has 0 saturated heterocycles. The van der Waals surface area contributed by atoms with Crippen LogP contribution in [0.5, 0.6) is 0 Å². The predicted octanol–water partition coefficient (Wildman–Crippen LogP) is -0.325. The summed E-state index contributed by atoms with van der Waals surface area (Å²) in [6, 6.07) is -0.740. The largest absolute Gasteiger partial charge is 0.362 e. The first-order valence-electron chi connectivity index (χ1n) is 2.97. The summed E-state index contributed by atoms with van der Waals surface area (Å²) in [7, 11) is 0. The van der Waals surface area contributed by atoms with E-state index < -0.39 is 11.9 Å². The van der Waals surface area contributed by atoms with E-state index >= 15 is 0 Å². The maximum absolute atomic E-state index is 11.2. The number of amides is 3. The number of thiol groups is 1. The minimum Gasteiger partial charge on any atom is -0.266 e. The first-order chi connectivity index (χ1) is 5.70. The third-order valence-electron chi connectivity index (χ3n) is 1.36. The van der Waals surface area contributed by atoms with Gasteiger partial charge in [0.05, 0.1) is 0 Å². The van der Waals surface area contributed by atoms with E-state index in [0.717, 1.165) is 0 Å². The molecule has 0 radical (unpaired) electrons. The average Bonchev–Trinajstić information content (AvgIpc) is 2.48. The second kappa shape index (κ2) is 2.24. The molecule has 2 aliphatic heterocycles. The maximum atomic E-state index is 11.2. The summed E-state index contributed by atoms with van der Waals surface area (Å²) in [5.41, 5.74) is 0.0598. The van der Waals surface area contributed by atoms with E-state index in [1.165, 1.54) is 6.34 Å². The van der Waals surface area contributed by atoms with Crippen LogP contribution in [-0.4, -0.2) is 34.1 Å². The number of urea groups is 1. The molecule has 0 N–H and O–H groups in total. The second-order valence-electron chi connectivity index (χ2n) is 2.06. The lowest BCUT2D eigenvalue weighted by Crippen LogP contribution is -2.40. The third-order valence-corrected chi connectivity index (χ3v) is 1.71. The van der Waals surface area contributed by atoms with Crippen LogP contribution in [0, 0.1) is 0 Å². The highest BCUT2D eigenvalue weighted by Gasteiger charge is 2.33. The van der Waals surface area contributed by atoms with E-state index in [4.69, 9.17) is 0 Å². The fourth-order valence-corrected chi connectivity index (χ4v) is 0.957. The molecule has 0 aromatic rings. The summed E-state index contributed by atoms with van der Waals surface area (Å²) >= 11 is 3.62. The Labute approximate surface area is 72.2 Å². The van der Waals surface area contributed by atoms with Crippen LogP contribution in [-0.2, 0) is 4.79 Å². The fourth-order valence-electron chi connectivity index (χ4n) is 0.818. The van der Waals surface area contributed by atoms with E-state index in [-0.39, 0.29) is 11.5 Å². The van der Waals surface area contributed by atoms with Crippen molar-refractivity contribution in [2.45, 2.75) is 0 Å². The Morgan fingerprint density at radius 3 is 2.92 bits per heavy atom. The minimum absolute atomic E-state index is 0.0598. The Balaban J connectivity index is 2.54. The Hall–Kier alpha value is -1.50. The lowest BCUT2D eigenvalue weighted by Gasteiger charge is -2.14. The molecule has 2 aliphatic rings. The molecule has 0 fully saturated rings. The number of rotatable bonds is 0. The first-order valence-corrected chi connectivity index (χ1v) is 3.37. The van der Waals surface area contributed by atoms with Crippen LogP contribution < -0.4 is 0 Å². The van der Waals surface area contributed by atoms with Crippen LogP contribution in [0.4, 0.5) is 4.79 Å². The summed E-state index contributed by atoms with van der Waals surface area (Å²) in [5.74, 6) is -0.527. The molecule has 0 atom stereocenters. The Morgan fingerprint density at radius 2 is 2.17 bits per heavy atom. The molecule has 0 saturated carbocycles. The van der Waals surface area contributed by atoms with Gasteiger partial charge in [0, 0.05) is 0 Å². The van der Waals surface area contributed by atoms with Gasteiger partial charge in [-0.1, -0.05) is 12.8 Å². The monoisotopic (exact) mass is 182 g/mol. The van der Waals surface area contributed by atoms with Gasteiger partial charge in [-0.15, -0.1) is 0 Å². The summed E-state index contributed by atoms with van der Waals surface area (Å²) in [4.78, 5) is 32.7. The molecule has 0 spiro atoms. The molecule has 0 aromatic carbocycles. The quantitative estimate of drug-likeness (QED) is 0.521. The van der Waals surface area contributed by atoms with Crippen LogP contribution in [0.25, 0.3) is 0 Å². The van der Waals surface area contributed by atoms with Crippen molar-refractivity contribution in [2.75, 3.05) is 0 Å². The number of carbonyl (C=O) groups is 2. The molecule has 0 aliphatic carbocycles. The summed E-state index contributed by atoms with van der Waals surface area (Å²) in [6.45, 7) is 0. The van der Waals surface area contributed by atoms with Crippen molar-refractivity contribution in [3.63, 3.8) is 0 Å². The first kappa shape index (κ1) is 7.17. The van der Waals surface area contributed by atoms with Crippen molar-refractivity contribution in [3.05, 3.63) is 0 Å². The van der Waals surface area contributed by atoms with Crippen LogP contribution >= 0.6 is 12.8 Å². The van der Waals surface area contributed by atoms with Gasteiger partial charge in [-0.3, -0.25) is 4.79 Å². The van der Waals surface area contributed by atoms with Crippen molar-refractivity contribution in [3.8, 4) is 0 Å². The molecule has 2 heterocycles. The highest BCUT2D eigenvalue weighted by Crippen LogP contribution is 2.10. The van der Waals surface area contributed by atoms with Gasteiger partial charge in [0.1, 0.15) is 6.34 Å². The van der Waals surface area contributed by atoms with E-state index in [1.54, 1.807) is 0 Å². The summed E-state index contributed by atoms with van der Waals surface area (Å²) < 4.78 is 0.594. The molecular weight excluding hydrogens is 180 g/mol. The van der Waals surface area contributed by atoms with E-state index in [2.05, 4.69) is 27.8 Å². The van der Waals surface area contributed by atoms with Crippen LogP contribution in [0.3, 0.4) is 0 Å². The van der Waals surface area contributed by atoms with Gasteiger partial charge in [0.2, 0.25) is 0 Å². The Kier molecular flexibility index (Phi) is 1.34. The molecule has 12 heavy (non-hydrogen) atoms. The van der Waals surface area contributed by atoms with Crippen LogP contribution in [0.2, 0.25) is 0 Å². The van der Waals surface area contributed by atoms with Gasteiger partial charge in [-0.2, -0.15) is 9.30 Å². The zero-order valence-electron chi connectivity index (χ0n) is 5.63. The number of aliphatic imine (C=N–C) groups is 3. The highest BCUT2D eigenvalue weighted by atomic mass is 32.1. The maximum Gasteiger partial charge on any atom is 0.362 e. The summed E-state index contributed by atoms with van der Waals surface area (Å²) in [6.07, 6.45) is 1.17. The van der Waals surface area contributed by atoms with Crippen LogP contribution in [0.1, 0.15) is 0 Å². The van der Waals surface area contributed by atoms with Crippen molar-refractivity contribution >= 4 is 42.6 Å². The van der Waals surface area contributed by atoms with Crippen molar-refractivity contribution in [1.29, 1.82) is 0 Å². The van der Waals surface area contributed by atoms with E-state index in [0.29, 0.717) is 4.31 Å². The van der Waals surface area contributed by atoms with Gasteiger partial charge < -0.3 is 0 Å². The number of hydrogen-bond acceptors (Lipinski definition) is 5. The predicted molar refractivity (Wildman–Crippen MR) is 44.6 cm³/mol. The van der Waals surface area contributed by atoms with Gasteiger partial charge in [-0.25, -0.2) is 14.8 Å². The van der Waals surface area contributed by atoms with E-state index in [9.17, 15) is 9.59 Å². The SMILES string of the molecule is O=C1N=C2N=CN=C2C(=O)N1S. The standard InChI is InChI=1S/C5H2N4O2S/c10-4-2-3(7-1-6-2)8-5(11)9(4)12/h1,12H. The van der Waals surface area contributed by atoms with Crippen LogP contribution in [0.15, 0.2) is 15.0 Å². The van der Waals surface area contributed by atoms with Crippen molar-refractivity contribution in [1.82, 2.24) is 4.31 Å². The molecule has 0 bridgehead atoms. The zero-order valence-corrected chi connectivity index (χ0v) is 6.52. The van der Waals surface area contributed by atoms with E-state index in [1.807, 2.05) is 0 Å². The molecule has 0 unspecified atom stereocenters. The third kappa shape index (κ3) is 0.797. The molecular formula is C5H2N4O2S. The molecule has 60 valence electrons. The number of hydrogen-bond donors (Lipinski definition) is 1. The molecule has 7 heteroatoms. The molecule has 0 aromatic heterocycles. The van der Waals surface area contributed by atoms with Crippen molar-refractivity contribution < 1.29 is 9.59 Å². The zero-order chi connectivity index (χ0) is 8.72. The van der Waals surface area contributed by atoms with Gasteiger partial charge in [-0.05, 0) is 0 Å². The number of amidine groups is 1. The number of fused-ring (bicyclic) bond motifs is 1. The van der Waals surface area contributed by atoms with Gasteiger partial charge in [0.25, 0.3) is 5.91 Å². The number of imide groups is 1. The minimum atomic E-state index is -0.740. The number of nitrogens with zero attached hydrogens (tertiary/aromatic N) is 4. The smallest absolute Gasteiger partial charge is 0.266 e. The molecule has 2 rings (SSSR count). The molecule has 6 nitrogen and oxygen atoms in total. The van der Waals surface area contributed by atoms with Gasteiger partial charge >= 0.3 is 6.03 Å². The fraction of sp³-hybridized carbons (Fsp3) is 0. The summed E-state index contributed by atoms with van der Waals surface area (Å²) in [5, 5.41) is 0. The Bertz CT molecular complexity index is 370. The Morgan fingerprint density at radius 1 is 1.42 bits per heavy atom. The lowest BCUT2D eigenvalue weighted by atomic mass is 10.3. The normalized spacial score (nSPS) is 20.9. The molecule has 3 amide bonds. The van der Waals surface area contributed by atoms with Gasteiger partial charge in [0.15, 0.2) is 11.5 Å². The number of carbonyl (C=O) groups excluding carboxylic acids is 2.